The second-order valence-corrected chi connectivity index (χ2v) is 10.8. The zero-order valence-corrected chi connectivity index (χ0v) is 14.8. The first-order valence-corrected chi connectivity index (χ1v) is 10.6. The van der Waals surface area contributed by atoms with Crippen LogP contribution in [-0.4, -0.2) is 14.7 Å². The fourth-order valence-electron chi connectivity index (χ4n) is 3.52. The van der Waals surface area contributed by atoms with E-state index in [0.717, 1.165) is 0 Å². The van der Waals surface area contributed by atoms with Gasteiger partial charge < -0.3 is 0 Å². The molecule has 0 unspecified atom stereocenters. The Kier molecular flexibility index (Phi) is 3.24. The molecule has 0 amide bonds. The number of hydrogen-bond acceptors (Lipinski definition) is 0. The molecule has 0 atom stereocenters. The van der Waals surface area contributed by atoms with Crippen molar-refractivity contribution in [3.8, 4) is 0 Å². The molecule has 0 aromatic heterocycles. The molecular weight excluding hydrogens is 327 g/mol. The van der Waals surface area contributed by atoms with E-state index in [1.54, 1.807) is 8.70 Å². The van der Waals surface area contributed by atoms with E-state index in [9.17, 15) is 0 Å². The van der Waals surface area contributed by atoms with Crippen LogP contribution in [0.2, 0.25) is 0 Å². The molecule has 0 aliphatic carbocycles. The molecule has 0 N–H and O–H groups in total. The molecule has 1 heterocycles. The van der Waals surface area contributed by atoms with Gasteiger partial charge >= 0.3 is 137 Å². The Morgan fingerprint density at radius 1 is 0.591 bits per heavy atom. The van der Waals surface area contributed by atoms with Crippen molar-refractivity contribution < 1.29 is 0 Å². The van der Waals surface area contributed by atoms with Crippen molar-refractivity contribution in [1.29, 1.82) is 0 Å². The predicted octanol–water partition coefficient (Wildman–Crippen LogP) is 2.84. The Morgan fingerprint density at radius 3 is 1.59 bits per heavy atom. The van der Waals surface area contributed by atoms with E-state index in [1.165, 1.54) is 15.5 Å². The van der Waals surface area contributed by atoms with Crippen LogP contribution in [0, 0.1) is 0 Å². The van der Waals surface area contributed by atoms with Gasteiger partial charge in [-0.1, -0.05) is 0 Å². The van der Waals surface area contributed by atoms with Gasteiger partial charge in [0.25, 0.3) is 0 Å². The Morgan fingerprint density at radius 2 is 1.05 bits per heavy atom. The van der Waals surface area contributed by atoms with Crippen LogP contribution in [0.4, 0.5) is 0 Å². The molecule has 3 aromatic carbocycles. The average Bonchev–Trinajstić information content (AvgIpc) is 2.56. The minimum atomic E-state index is -1.45. The van der Waals surface area contributed by atoms with Gasteiger partial charge in [-0.25, -0.2) is 0 Å². The topological polar surface area (TPSA) is 0 Å². The van der Waals surface area contributed by atoms with Gasteiger partial charge in [0.15, 0.2) is 0 Å². The van der Waals surface area contributed by atoms with E-state index < -0.39 is 14.7 Å². The van der Waals surface area contributed by atoms with E-state index in [-0.39, 0.29) is 5.41 Å². The quantitative estimate of drug-likeness (QED) is 0.595. The SMILES string of the molecule is CC1(C)c2ccccc2[As](c2ccccc2)c2ccccc21. The fraction of sp³-hybridized carbons (Fsp3) is 0.143. The van der Waals surface area contributed by atoms with Crippen LogP contribution in [0.15, 0.2) is 78.9 Å². The van der Waals surface area contributed by atoms with Crippen molar-refractivity contribution in [2.45, 2.75) is 19.3 Å². The van der Waals surface area contributed by atoms with Crippen molar-refractivity contribution in [1.82, 2.24) is 0 Å². The van der Waals surface area contributed by atoms with Gasteiger partial charge in [0.05, 0.1) is 0 Å². The van der Waals surface area contributed by atoms with Crippen LogP contribution < -0.4 is 13.1 Å². The molecular formula is C21H19As. The fourth-order valence-corrected chi connectivity index (χ4v) is 9.71. The van der Waals surface area contributed by atoms with Crippen molar-refractivity contribution in [3.63, 3.8) is 0 Å². The molecule has 1 aliphatic rings. The van der Waals surface area contributed by atoms with Crippen LogP contribution in [0.25, 0.3) is 0 Å². The Labute approximate surface area is 137 Å². The molecule has 0 saturated heterocycles. The third-order valence-electron chi connectivity index (χ3n) is 4.65. The van der Waals surface area contributed by atoms with E-state index in [1.807, 2.05) is 0 Å². The van der Waals surface area contributed by atoms with Crippen LogP contribution in [-0.2, 0) is 5.41 Å². The van der Waals surface area contributed by atoms with Crippen molar-refractivity contribution in [2.75, 3.05) is 0 Å². The first-order chi connectivity index (χ1) is 10.7. The van der Waals surface area contributed by atoms with Crippen LogP contribution in [0.1, 0.15) is 25.0 Å². The summed E-state index contributed by atoms with van der Waals surface area (Å²) in [4.78, 5) is 0. The third kappa shape index (κ3) is 1.98. The summed E-state index contributed by atoms with van der Waals surface area (Å²) < 4.78 is 4.69. The summed E-state index contributed by atoms with van der Waals surface area (Å²) in [6, 6.07) is 29.2. The summed E-state index contributed by atoms with van der Waals surface area (Å²) in [5.74, 6) is 0. The summed E-state index contributed by atoms with van der Waals surface area (Å²) >= 11 is -1.45. The van der Waals surface area contributed by atoms with Gasteiger partial charge in [0, 0.05) is 0 Å². The zero-order valence-electron chi connectivity index (χ0n) is 13.0. The summed E-state index contributed by atoms with van der Waals surface area (Å²) in [7, 11) is 0. The van der Waals surface area contributed by atoms with Crippen molar-refractivity contribution >= 4 is 27.7 Å². The summed E-state index contributed by atoms with van der Waals surface area (Å²) in [5, 5.41) is 0. The Hall–Kier alpha value is -1.78. The molecule has 0 bridgehead atoms. The molecule has 0 fully saturated rings. The Bertz CT molecular complexity index is 769. The molecule has 0 radical (unpaired) electrons. The summed E-state index contributed by atoms with van der Waals surface area (Å²) in [5.41, 5.74) is 3.11. The first-order valence-electron chi connectivity index (χ1n) is 7.74. The van der Waals surface area contributed by atoms with E-state index in [4.69, 9.17) is 0 Å². The number of benzene rings is 3. The zero-order chi connectivity index (χ0) is 15.2. The molecule has 22 heavy (non-hydrogen) atoms. The molecule has 1 aliphatic heterocycles. The molecule has 0 saturated carbocycles. The molecule has 3 aromatic rings. The summed E-state index contributed by atoms with van der Waals surface area (Å²) in [6.45, 7) is 4.72. The van der Waals surface area contributed by atoms with Crippen molar-refractivity contribution in [2.24, 2.45) is 0 Å². The van der Waals surface area contributed by atoms with Crippen LogP contribution in [0.5, 0.6) is 0 Å². The number of rotatable bonds is 1. The molecule has 108 valence electrons. The maximum atomic E-state index is 2.36. The second-order valence-electron chi connectivity index (χ2n) is 6.33. The van der Waals surface area contributed by atoms with E-state index >= 15 is 0 Å². The standard InChI is InChI=1S/C21H19As/c1-21(2)17-12-6-8-14-19(17)22(16-10-4-3-5-11-16)20-15-9-7-13-18(20)21/h3-15H,1-2H3. The van der Waals surface area contributed by atoms with Crippen molar-refractivity contribution in [3.05, 3.63) is 90.0 Å². The average molecular weight is 346 g/mol. The number of hydrogen-bond donors (Lipinski definition) is 0. The van der Waals surface area contributed by atoms with Gasteiger partial charge in [0.2, 0.25) is 0 Å². The second kappa shape index (κ2) is 5.14. The van der Waals surface area contributed by atoms with Crippen LogP contribution >= 0.6 is 0 Å². The Balaban J connectivity index is 2.05. The van der Waals surface area contributed by atoms with Crippen LogP contribution in [0.3, 0.4) is 0 Å². The maximum absolute atomic E-state index is 2.36. The normalized spacial score (nSPS) is 15.9. The number of fused-ring (bicyclic) bond motifs is 2. The monoisotopic (exact) mass is 346 g/mol. The van der Waals surface area contributed by atoms with Gasteiger partial charge in [-0.05, 0) is 0 Å². The third-order valence-corrected chi connectivity index (χ3v) is 10.0. The minimum absolute atomic E-state index is 0.0905. The molecule has 0 nitrogen and oxygen atoms in total. The molecule has 4 rings (SSSR count). The van der Waals surface area contributed by atoms with Gasteiger partial charge in [-0.3, -0.25) is 0 Å². The van der Waals surface area contributed by atoms with E-state index in [0.29, 0.717) is 0 Å². The van der Waals surface area contributed by atoms with Gasteiger partial charge in [0.1, 0.15) is 0 Å². The molecule has 1 heteroatoms. The predicted molar refractivity (Wildman–Crippen MR) is 96.1 cm³/mol. The first kappa shape index (κ1) is 13.9. The van der Waals surface area contributed by atoms with E-state index in [2.05, 4.69) is 92.7 Å². The summed E-state index contributed by atoms with van der Waals surface area (Å²) in [6.07, 6.45) is 0. The van der Waals surface area contributed by atoms with Gasteiger partial charge in [-0.2, -0.15) is 0 Å². The molecule has 0 spiro atoms. The van der Waals surface area contributed by atoms with Gasteiger partial charge in [-0.15, -0.1) is 0 Å².